The Hall–Kier alpha value is -3.23. The minimum Gasteiger partial charge on any atom is -0.452 e. The van der Waals surface area contributed by atoms with Crippen LogP contribution in [0.5, 0.6) is 0 Å². The van der Waals surface area contributed by atoms with E-state index in [2.05, 4.69) is 5.32 Å². The molecule has 7 nitrogen and oxygen atoms in total. The van der Waals surface area contributed by atoms with Gasteiger partial charge in [0.15, 0.2) is 6.10 Å². The number of carbonyl (C=O) groups is 2. The van der Waals surface area contributed by atoms with Crippen molar-refractivity contribution in [3.05, 3.63) is 72.3 Å². The van der Waals surface area contributed by atoms with Crippen LogP contribution < -0.4 is 10.5 Å². The van der Waals surface area contributed by atoms with Gasteiger partial charge in [-0.05, 0) is 41.5 Å². The molecule has 150 valence electrons. The van der Waals surface area contributed by atoms with Gasteiger partial charge in [-0.25, -0.2) is 13.6 Å². The first-order valence-corrected chi connectivity index (χ1v) is 10.4. The number of anilines is 1. The third kappa shape index (κ3) is 5.18. The van der Waals surface area contributed by atoms with Crippen LogP contribution in [0, 0.1) is 0 Å². The lowest BCUT2D eigenvalue weighted by atomic mass is 10.0. The summed E-state index contributed by atoms with van der Waals surface area (Å²) in [4.78, 5) is 24.5. The highest BCUT2D eigenvalue weighted by Gasteiger charge is 2.19. The van der Waals surface area contributed by atoms with E-state index in [-0.39, 0.29) is 17.0 Å². The Labute approximate surface area is 168 Å². The molecule has 0 aliphatic carbocycles. The van der Waals surface area contributed by atoms with Gasteiger partial charge in [-0.2, -0.15) is 0 Å². The molecule has 0 spiro atoms. The first kappa shape index (κ1) is 20.5. The van der Waals surface area contributed by atoms with Crippen molar-refractivity contribution in [1.29, 1.82) is 0 Å². The van der Waals surface area contributed by atoms with Gasteiger partial charge in [-0.15, -0.1) is 0 Å². The summed E-state index contributed by atoms with van der Waals surface area (Å²) in [6.07, 6.45) is -1.03. The van der Waals surface area contributed by atoms with Crippen molar-refractivity contribution in [2.24, 2.45) is 5.14 Å². The number of carbonyl (C=O) groups excluding carboxylic acids is 2. The van der Waals surface area contributed by atoms with Gasteiger partial charge in [-0.3, -0.25) is 9.59 Å². The molecule has 0 bridgehead atoms. The smallest absolute Gasteiger partial charge is 0.311 e. The fourth-order valence-electron chi connectivity index (χ4n) is 2.89. The van der Waals surface area contributed by atoms with E-state index < -0.39 is 28.0 Å². The normalized spacial score (nSPS) is 12.3. The number of rotatable bonds is 6. The number of ether oxygens (including phenoxy) is 1. The van der Waals surface area contributed by atoms with E-state index >= 15 is 0 Å². The average Bonchev–Trinajstić information content (AvgIpc) is 2.67. The van der Waals surface area contributed by atoms with Crippen LogP contribution in [-0.4, -0.2) is 26.4 Å². The number of nitrogens with two attached hydrogens (primary N) is 1. The number of benzene rings is 3. The number of esters is 1. The molecular formula is C21H20N2O5S. The molecule has 0 aliphatic heterocycles. The first-order chi connectivity index (χ1) is 13.7. The zero-order chi connectivity index (χ0) is 21.0. The van der Waals surface area contributed by atoms with E-state index in [4.69, 9.17) is 9.88 Å². The van der Waals surface area contributed by atoms with Crippen molar-refractivity contribution in [3.63, 3.8) is 0 Å². The number of fused-ring (bicyclic) bond motifs is 1. The Morgan fingerprint density at radius 1 is 1.03 bits per heavy atom. The Balaban J connectivity index is 1.64. The topological polar surface area (TPSA) is 116 Å². The SMILES string of the molecule is CC(OC(=O)Cc1cccc2ccccc12)C(=O)Nc1cccc(S(N)(=O)=O)c1. The molecule has 3 aromatic carbocycles. The van der Waals surface area contributed by atoms with Gasteiger partial charge in [0.1, 0.15) is 0 Å². The minimum absolute atomic E-state index is 0.0277. The number of nitrogens with one attached hydrogen (secondary N) is 1. The Morgan fingerprint density at radius 2 is 1.72 bits per heavy atom. The van der Waals surface area contributed by atoms with Crippen LogP contribution in [0.3, 0.4) is 0 Å². The maximum Gasteiger partial charge on any atom is 0.311 e. The lowest BCUT2D eigenvalue weighted by Gasteiger charge is -2.14. The average molecular weight is 412 g/mol. The summed E-state index contributed by atoms with van der Waals surface area (Å²) in [6, 6.07) is 18.9. The lowest BCUT2D eigenvalue weighted by Crippen LogP contribution is -2.30. The van der Waals surface area contributed by atoms with Crippen molar-refractivity contribution in [2.45, 2.75) is 24.3 Å². The van der Waals surface area contributed by atoms with Crippen LogP contribution >= 0.6 is 0 Å². The third-order valence-electron chi connectivity index (χ3n) is 4.32. The van der Waals surface area contributed by atoms with Crippen molar-refractivity contribution in [3.8, 4) is 0 Å². The van der Waals surface area contributed by atoms with Gasteiger partial charge in [0.05, 0.1) is 11.3 Å². The summed E-state index contributed by atoms with van der Waals surface area (Å²) >= 11 is 0. The zero-order valence-corrected chi connectivity index (χ0v) is 16.5. The molecule has 0 fully saturated rings. The predicted octanol–water partition coefficient (Wildman–Crippen LogP) is 2.60. The Morgan fingerprint density at radius 3 is 2.48 bits per heavy atom. The number of hydrogen-bond acceptors (Lipinski definition) is 5. The van der Waals surface area contributed by atoms with Gasteiger partial charge >= 0.3 is 5.97 Å². The van der Waals surface area contributed by atoms with E-state index in [1.54, 1.807) is 0 Å². The summed E-state index contributed by atoms with van der Waals surface area (Å²) in [5, 5.41) is 9.56. The van der Waals surface area contributed by atoms with Gasteiger partial charge in [-0.1, -0.05) is 48.5 Å². The summed E-state index contributed by atoms with van der Waals surface area (Å²) in [7, 11) is -3.89. The highest BCUT2D eigenvalue weighted by molar-refractivity contribution is 7.89. The number of primary sulfonamides is 1. The van der Waals surface area contributed by atoms with Crippen LogP contribution in [-0.2, 0) is 30.8 Å². The Kier molecular flexibility index (Phi) is 5.95. The first-order valence-electron chi connectivity index (χ1n) is 8.84. The largest absolute Gasteiger partial charge is 0.452 e. The highest BCUT2D eigenvalue weighted by Crippen LogP contribution is 2.19. The fraction of sp³-hybridized carbons (Fsp3) is 0.143. The van der Waals surface area contributed by atoms with Crippen LogP contribution in [0.15, 0.2) is 71.6 Å². The van der Waals surface area contributed by atoms with Gasteiger partial charge < -0.3 is 10.1 Å². The van der Waals surface area contributed by atoms with Crippen LogP contribution in [0.4, 0.5) is 5.69 Å². The van der Waals surface area contributed by atoms with Crippen molar-refractivity contribution in [2.75, 3.05) is 5.32 Å². The summed E-state index contributed by atoms with van der Waals surface area (Å²) in [5.41, 5.74) is 1.04. The summed E-state index contributed by atoms with van der Waals surface area (Å²) < 4.78 is 28.1. The Bertz CT molecular complexity index is 1170. The molecular weight excluding hydrogens is 392 g/mol. The second kappa shape index (κ2) is 8.42. The predicted molar refractivity (Wildman–Crippen MR) is 110 cm³/mol. The minimum atomic E-state index is -3.89. The summed E-state index contributed by atoms with van der Waals surface area (Å²) in [5.74, 6) is -1.12. The van der Waals surface area contributed by atoms with Crippen LogP contribution in [0.2, 0.25) is 0 Å². The summed E-state index contributed by atoms with van der Waals surface area (Å²) in [6.45, 7) is 1.44. The van der Waals surface area contributed by atoms with E-state index in [0.717, 1.165) is 16.3 Å². The van der Waals surface area contributed by atoms with Gasteiger partial charge in [0, 0.05) is 5.69 Å². The van der Waals surface area contributed by atoms with E-state index in [9.17, 15) is 18.0 Å². The molecule has 1 unspecified atom stereocenters. The maximum absolute atomic E-state index is 12.3. The molecule has 29 heavy (non-hydrogen) atoms. The molecule has 0 aliphatic rings. The molecule has 8 heteroatoms. The second-order valence-electron chi connectivity index (χ2n) is 6.51. The molecule has 0 heterocycles. The molecule has 1 atom stereocenters. The molecule has 0 aromatic heterocycles. The number of amides is 1. The molecule has 3 aromatic rings. The van der Waals surface area contributed by atoms with Crippen molar-refractivity contribution in [1.82, 2.24) is 0 Å². The standard InChI is InChI=1S/C21H20N2O5S/c1-14(21(25)23-17-9-5-10-18(13-17)29(22,26)27)28-20(24)12-16-8-4-7-15-6-2-3-11-19(15)16/h2-11,13-14H,12H2,1H3,(H,23,25)(H2,22,26,27). The van der Waals surface area contributed by atoms with E-state index in [0.29, 0.717) is 0 Å². The maximum atomic E-state index is 12.3. The lowest BCUT2D eigenvalue weighted by molar-refractivity contribution is -0.152. The fourth-order valence-corrected chi connectivity index (χ4v) is 3.45. The highest BCUT2D eigenvalue weighted by atomic mass is 32.2. The zero-order valence-electron chi connectivity index (χ0n) is 15.7. The monoisotopic (exact) mass is 412 g/mol. The molecule has 0 saturated heterocycles. The van der Waals surface area contributed by atoms with Crippen LogP contribution in [0.25, 0.3) is 10.8 Å². The van der Waals surface area contributed by atoms with Crippen molar-refractivity contribution >= 4 is 38.4 Å². The molecule has 3 N–H and O–H groups in total. The third-order valence-corrected chi connectivity index (χ3v) is 5.23. The molecule has 3 rings (SSSR count). The van der Waals surface area contributed by atoms with Gasteiger partial charge in [0.2, 0.25) is 10.0 Å². The van der Waals surface area contributed by atoms with Gasteiger partial charge in [0.25, 0.3) is 5.91 Å². The van der Waals surface area contributed by atoms with E-state index in [1.807, 2.05) is 42.5 Å². The molecule has 0 radical (unpaired) electrons. The number of sulfonamides is 1. The second-order valence-corrected chi connectivity index (χ2v) is 8.07. The number of hydrogen-bond donors (Lipinski definition) is 2. The van der Waals surface area contributed by atoms with E-state index in [1.165, 1.54) is 31.2 Å². The van der Waals surface area contributed by atoms with Crippen molar-refractivity contribution < 1.29 is 22.7 Å². The molecule has 0 saturated carbocycles. The quantitative estimate of drug-likeness (QED) is 0.604. The molecule has 1 amide bonds. The van der Waals surface area contributed by atoms with Crippen LogP contribution in [0.1, 0.15) is 12.5 Å².